The Labute approximate surface area is 250 Å². The average Bonchev–Trinajstić information content (AvgIpc) is 3.53. The number of nitrogen functional groups attached to an aromatic ring is 1. The predicted molar refractivity (Wildman–Crippen MR) is 155 cm³/mol. The van der Waals surface area contributed by atoms with E-state index in [1.165, 1.54) is 29.1 Å². The molecule has 2 aliphatic heterocycles. The molecule has 0 bridgehead atoms. The third kappa shape index (κ3) is 5.27. The molecular weight excluding hydrogens is 580 g/mol. The molecule has 3 fully saturated rings. The van der Waals surface area contributed by atoms with Gasteiger partial charge in [0, 0.05) is 79.1 Å². The van der Waals surface area contributed by atoms with Crippen molar-refractivity contribution >= 4 is 23.3 Å². The topological polar surface area (TPSA) is 116 Å². The first-order valence-corrected chi connectivity index (χ1v) is 14.3. The number of aryl methyl sites for hydroxylation is 1. The zero-order chi connectivity index (χ0) is 30.6. The summed E-state index contributed by atoms with van der Waals surface area (Å²) in [6.45, 7) is 2.81. The van der Waals surface area contributed by atoms with Gasteiger partial charge in [-0.25, -0.2) is 32.2 Å². The molecule has 1 spiro atoms. The second-order valence-corrected chi connectivity index (χ2v) is 11.9. The lowest BCUT2D eigenvalue weighted by molar-refractivity contribution is -0.152. The van der Waals surface area contributed by atoms with E-state index < -0.39 is 17.6 Å². The van der Waals surface area contributed by atoms with Crippen LogP contribution in [0.15, 0.2) is 42.7 Å². The number of anilines is 4. The van der Waals surface area contributed by atoms with Gasteiger partial charge in [0.05, 0.1) is 19.8 Å². The Balaban J connectivity index is 1.12. The Morgan fingerprint density at radius 2 is 1.93 bits per heavy atom. The summed E-state index contributed by atoms with van der Waals surface area (Å²) >= 11 is 0. The van der Waals surface area contributed by atoms with Crippen LogP contribution in [0.2, 0.25) is 0 Å². The molecule has 5 heterocycles. The van der Waals surface area contributed by atoms with Crippen LogP contribution in [0.5, 0.6) is 5.75 Å². The van der Waals surface area contributed by atoms with E-state index in [9.17, 15) is 13.2 Å². The quantitative estimate of drug-likeness (QED) is 0.260. The molecule has 3 aliphatic rings. The minimum atomic E-state index is -2.59. The second kappa shape index (κ2) is 10.6. The molecule has 0 unspecified atom stereocenters. The highest BCUT2D eigenvalue weighted by Crippen LogP contribution is 2.57. The molecule has 7 rings (SSSR count). The number of nitrogens with one attached hydrogen (secondary N) is 1. The largest absolute Gasteiger partial charge is 0.489 e. The summed E-state index contributed by atoms with van der Waals surface area (Å²) < 4.78 is 69.8. The molecule has 3 aromatic heterocycles. The van der Waals surface area contributed by atoms with Gasteiger partial charge in [-0.05, 0) is 36.8 Å². The second-order valence-electron chi connectivity index (χ2n) is 11.9. The van der Waals surface area contributed by atoms with Crippen LogP contribution in [-0.2, 0) is 11.8 Å². The molecule has 0 radical (unpaired) electrons. The van der Waals surface area contributed by atoms with Crippen LogP contribution in [0.3, 0.4) is 0 Å². The summed E-state index contributed by atoms with van der Waals surface area (Å²) in [5, 5.41) is 7.55. The van der Waals surface area contributed by atoms with E-state index in [1.54, 1.807) is 19.3 Å². The fourth-order valence-corrected chi connectivity index (χ4v) is 6.17. The number of aromatic nitrogens is 5. The van der Waals surface area contributed by atoms with Crippen molar-refractivity contribution in [2.75, 3.05) is 48.9 Å². The number of hydrogen-bond acceptors (Lipinski definition) is 9. The van der Waals surface area contributed by atoms with Gasteiger partial charge in [0.2, 0.25) is 11.9 Å². The van der Waals surface area contributed by atoms with E-state index in [0.717, 1.165) is 0 Å². The standard InChI is InChI=1S/C30H30F4N8O2/c1-41-28(38-19-2-3-20(22(31)9-19)21-4-6-36-25(35)24(21)32)39-26(40-41)18-8-23(44-13-17-11-43-12-17)27(37-10-18)42-7-5-29(16-42)14-30(33,34)15-29/h2-4,6,8-10,17H,5,7,11-16H2,1H3,(H2,35,36)(H,38,39,40). The number of benzene rings is 1. The van der Waals surface area contributed by atoms with Crippen LogP contribution in [0.1, 0.15) is 19.3 Å². The fourth-order valence-electron chi connectivity index (χ4n) is 6.17. The van der Waals surface area contributed by atoms with Crippen LogP contribution in [0, 0.1) is 23.0 Å². The lowest BCUT2D eigenvalue weighted by Crippen LogP contribution is -2.47. The molecule has 14 heteroatoms. The summed E-state index contributed by atoms with van der Waals surface area (Å²) in [5.41, 5.74) is 6.18. The van der Waals surface area contributed by atoms with Gasteiger partial charge in [-0.15, -0.1) is 5.10 Å². The maximum Gasteiger partial charge on any atom is 0.249 e. The van der Waals surface area contributed by atoms with Crippen molar-refractivity contribution in [2.45, 2.75) is 25.2 Å². The number of nitrogens with zero attached hydrogens (tertiary/aromatic N) is 6. The molecule has 230 valence electrons. The average molecular weight is 611 g/mol. The molecule has 0 atom stereocenters. The van der Waals surface area contributed by atoms with Crippen molar-refractivity contribution in [1.82, 2.24) is 24.7 Å². The van der Waals surface area contributed by atoms with E-state index in [-0.39, 0.29) is 41.1 Å². The van der Waals surface area contributed by atoms with Crippen molar-refractivity contribution < 1.29 is 27.0 Å². The predicted octanol–water partition coefficient (Wildman–Crippen LogP) is 5.19. The van der Waals surface area contributed by atoms with Crippen molar-refractivity contribution in [2.24, 2.45) is 18.4 Å². The molecule has 44 heavy (non-hydrogen) atoms. The molecule has 10 nitrogen and oxygen atoms in total. The molecular formula is C30H30F4N8O2. The summed E-state index contributed by atoms with van der Waals surface area (Å²) in [6, 6.07) is 7.43. The van der Waals surface area contributed by atoms with Crippen molar-refractivity contribution in [1.29, 1.82) is 0 Å². The van der Waals surface area contributed by atoms with E-state index >= 15 is 4.39 Å². The van der Waals surface area contributed by atoms with Crippen LogP contribution < -0.4 is 20.7 Å². The third-order valence-corrected chi connectivity index (χ3v) is 8.47. The summed E-state index contributed by atoms with van der Waals surface area (Å²) in [7, 11) is 1.69. The lowest BCUT2D eigenvalue weighted by atomic mass is 9.65. The number of rotatable bonds is 8. The third-order valence-electron chi connectivity index (χ3n) is 8.47. The van der Waals surface area contributed by atoms with E-state index in [2.05, 4.69) is 25.4 Å². The van der Waals surface area contributed by atoms with Gasteiger partial charge in [0.25, 0.3) is 0 Å². The fraction of sp³-hybridized carbons (Fsp3) is 0.400. The van der Waals surface area contributed by atoms with Crippen molar-refractivity contribution in [3.05, 3.63) is 54.4 Å². The summed E-state index contributed by atoms with van der Waals surface area (Å²) in [4.78, 5) is 15.0. The van der Waals surface area contributed by atoms with Crippen LogP contribution in [-0.4, -0.2) is 63.6 Å². The number of hydrogen-bond donors (Lipinski definition) is 2. The van der Waals surface area contributed by atoms with Gasteiger partial charge in [-0.3, -0.25) is 0 Å². The number of nitrogens with two attached hydrogens (primary N) is 1. The molecule has 2 saturated heterocycles. The first-order valence-electron chi connectivity index (χ1n) is 14.3. The van der Waals surface area contributed by atoms with Gasteiger partial charge in [0.1, 0.15) is 5.82 Å². The maximum absolute atomic E-state index is 15.0. The Morgan fingerprint density at radius 1 is 1.11 bits per heavy atom. The normalized spacial score (nSPS) is 18.7. The Hall–Kier alpha value is -4.46. The zero-order valence-electron chi connectivity index (χ0n) is 23.9. The minimum absolute atomic E-state index is 0.0102. The van der Waals surface area contributed by atoms with Gasteiger partial charge in [-0.1, -0.05) is 0 Å². The molecule has 4 aromatic rings. The number of pyridine rings is 2. The molecule has 1 saturated carbocycles. The zero-order valence-corrected chi connectivity index (χ0v) is 23.9. The highest BCUT2D eigenvalue weighted by Gasteiger charge is 2.59. The van der Waals surface area contributed by atoms with Gasteiger partial charge >= 0.3 is 0 Å². The lowest BCUT2D eigenvalue weighted by Gasteiger charge is -2.44. The molecule has 1 aliphatic carbocycles. The number of halogens is 4. The molecule has 0 amide bonds. The highest BCUT2D eigenvalue weighted by molar-refractivity contribution is 5.71. The van der Waals surface area contributed by atoms with Gasteiger partial charge in [-0.2, -0.15) is 4.98 Å². The molecule has 1 aromatic carbocycles. The van der Waals surface area contributed by atoms with Crippen molar-refractivity contribution in [3.63, 3.8) is 0 Å². The monoisotopic (exact) mass is 610 g/mol. The Bertz CT molecular complexity index is 1720. The minimum Gasteiger partial charge on any atom is -0.489 e. The van der Waals surface area contributed by atoms with Gasteiger partial charge in [0.15, 0.2) is 29.0 Å². The number of ether oxygens (including phenoxy) is 2. The van der Waals surface area contributed by atoms with E-state index in [0.29, 0.717) is 73.9 Å². The first kappa shape index (κ1) is 28.3. The van der Waals surface area contributed by atoms with Crippen LogP contribution in [0.4, 0.5) is 40.8 Å². The first-order chi connectivity index (χ1) is 21.1. The van der Waals surface area contributed by atoms with Crippen molar-refractivity contribution in [3.8, 4) is 28.3 Å². The summed E-state index contributed by atoms with van der Waals surface area (Å²) in [5.74, 6) is -2.25. The maximum atomic E-state index is 15.0. The number of alkyl halides is 2. The van der Waals surface area contributed by atoms with Gasteiger partial charge < -0.3 is 25.4 Å². The Morgan fingerprint density at radius 3 is 2.66 bits per heavy atom. The van der Waals surface area contributed by atoms with Crippen LogP contribution >= 0.6 is 0 Å². The SMILES string of the molecule is Cn1nc(-c2cnc(N3CCC4(C3)CC(F)(F)C4)c(OCC3COC3)c2)nc1Nc1ccc(-c2ccnc(N)c2F)c(F)c1. The van der Waals surface area contributed by atoms with E-state index in [1.807, 2.05) is 11.0 Å². The van der Waals surface area contributed by atoms with Crippen LogP contribution in [0.25, 0.3) is 22.5 Å². The Kier molecular flexibility index (Phi) is 6.83. The summed E-state index contributed by atoms with van der Waals surface area (Å²) in [6.07, 6.45) is 3.44. The highest BCUT2D eigenvalue weighted by atomic mass is 19.3. The smallest absolute Gasteiger partial charge is 0.249 e. The molecule has 3 N–H and O–H groups in total. The van der Waals surface area contributed by atoms with E-state index in [4.69, 9.17) is 15.2 Å².